The third-order valence-electron chi connectivity index (χ3n) is 1.93. The lowest BCUT2D eigenvalue weighted by molar-refractivity contribution is 0.185. The van der Waals surface area contributed by atoms with Crippen LogP contribution in [0.25, 0.3) is 10.9 Å². The molecule has 0 unspecified atom stereocenters. The molecule has 0 aliphatic carbocycles. The van der Waals surface area contributed by atoms with Crippen molar-refractivity contribution in [3.05, 3.63) is 36.0 Å². The lowest BCUT2D eigenvalue weighted by atomic mass is 10.2. The molecular formula is C10H11NO. The standard InChI is InChI=1S/C10H11NO/c1-12-7-8-2-3-9-4-5-11-10(9)6-8/h2-6,11H,7H2,1H3. The van der Waals surface area contributed by atoms with Crippen molar-refractivity contribution in [3.63, 3.8) is 0 Å². The van der Waals surface area contributed by atoms with Gasteiger partial charge in [0, 0.05) is 18.8 Å². The molecule has 2 aromatic rings. The van der Waals surface area contributed by atoms with Gasteiger partial charge in [-0.25, -0.2) is 0 Å². The van der Waals surface area contributed by atoms with E-state index < -0.39 is 0 Å². The normalized spacial score (nSPS) is 10.8. The van der Waals surface area contributed by atoms with Crippen LogP contribution >= 0.6 is 0 Å². The second-order valence-corrected chi connectivity index (χ2v) is 2.83. The van der Waals surface area contributed by atoms with Crippen LogP contribution in [0.3, 0.4) is 0 Å². The molecule has 1 heterocycles. The van der Waals surface area contributed by atoms with Crippen LogP contribution in [-0.4, -0.2) is 12.1 Å². The predicted molar refractivity (Wildman–Crippen MR) is 49.0 cm³/mol. The molecule has 1 aromatic carbocycles. The summed E-state index contributed by atoms with van der Waals surface area (Å²) < 4.78 is 5.04. The van der Waals surface area contributed by atoms with Crippen LogP contribution in [0.5, 0.6) is 0 Å². The van der Waals surface area contributed by atoms with Crippen molar-refractivity contribution in [1.82, 2.24) is 4.98 Å². The lowest BCUT2D eigenvalue weighted by Gasteiger charge is -1.98. The smallest absolute Gasteiger partial charge is 0.0713 e. The summed E-state index contributed by atoms with van der Waals surface area (Å²) in [6.45, 7) is 0.676. The molecule has 0 atom stereocenters. The molecule has 0 amide bonds. The maximum atomic E-state index is 5.04. The van der Waals surface area contributed by atoms with E-state index in [1.54, 1.807) is 7.11 Å². The van der Waals surface area contributed by atoms with Crippen LogP contribution in [0, 0.1) is 0 Å². The number of hydrogen-bond donors (Lipinski definition) is 1. The summed E-state index contributed by atoms with van der Waals surface area (Å²) in [7, 11) is 1.71. The summed E-state index contributed by atoms with van der Waals surface area (Å²) >= 11 is 0. The molecule has 1 N–H and O–H groups in total. The van der Waals surface area contributed by atoms with E-state index in [1.807, 2.05) is 6.20 Å². The highest BCUT2D eigenvalue weighted by Gasteiger charge is 1.95. The van der Waals surface area contributed by atoms with Gasteiger partial charge in [0.05, 0.1) is 6.61 Å². The van der Waals surface area contributed by atoms with E-state index in [0.717, 1.165) is 0 Å². The van der Waals surface area contributed by atoms with Gasteiger partial charge in [0.25, 0.3) is 0 Å². The molecule has 0 bridgehead atoms. The van der Waals surface area contributed by atoms with Crippen LogP contribution < -0.4 is 0 Å². The first-order chi connectivity index (χ1) is 5.90. The molecule has 0 aliphatic rings. The summed E-state index contributed by atoms with van der Waals surface area (Å²) in [6, 6.07) is 8.35. The van der Waals surface area contributed by atoms with Gasteiger partial charge in [-0.1, -0.05) is 12.1 Å². The molecule has 0 radical (unpaired) electrons. The van der Waals surface area contributed by atoms with Crippen molar-refractivity contribution >= 4 is 10.9 Å². The number of H-pyrrole nitrogens is 1. The number of nitrogens with one attached hydrogen (secondary N) is 1. The number of aromatic amines is 1. The zero-order chi connectivity index (χ0) is 8.39. The SMILES string of the molecule is COCc1ccc2cc[nH]c2c1. The van der Waals surface area contributed by atoms with Crippen molar-refractivity contribution in [2.75, 3.05) is 7.11 Å². The molecule has 2 nitrogen and oxygen atoms in total. The minimum atomic E-state index is 0.676. The van der Waals surface area contributed by atoms with Crippen LogP contribution in [0.4, 0.5) is 0 Å². The van der Waals surface area contributed by atoms with Gasteiger partial charge in [0.15, 0.2) is 0 Å². The average Bonchev–Trinajstić information content (AvgIpc) is 2.51. The molecule has 12 heavy (non-hydrogen) atoms. The van der Waals surface area contributed by atoms with Crippen LogP contribution in [-0.2, 0) is 11.3 Å². The Kier molecular flexibility index (Phi) is 1.84. The maximum absolute atomic E-state index is 5.04. The van der Waals surface area contributed by atoms with Gasteiger partial charge in [0.2, 0.25) is 0 Å². The third-order valence-corrected chi connectivity index (χ3v) is 1.93. The summed E-state index contributed by atoms with van der Waals surface area (Å²) in [6.07, 6.45) is 1.95. The summed E-state index contributed by atoms with van der Waals surface area (Å²) in [5, 5.41) is 1.25. The number of ether oxygens (including phenoxy) is 1. The van der Waals surface area contributed by atoms with Gasteiger partial charge in [-0.2, -0.15) is 0 Å². The number of rotatable bonds is 2. The van der Waals surface area contributed by atoms with Crippen molar-refractivity contribution < 1.29 is 4.74 Å². The van der Waals surface area contributed by atoms with Crippen molar-refractivity contribution in [2.45, 2.75) is 6.61 Å². The largest absolute Gasteiger partial charge is 0.380 e. The van der Waals surface area contributed by atoms with Gasteiger partial charge in [-0.15, -0.1) is 0 Å². The average molecular weight is 161 g/mol. The van der Waals surface area contributed by atoms with Crippen molar-refractivity contribution in [2.24, 2.45) is 0 Å². The highest BCUT2D eigenvalue weighted by atomic mass is 16.5. The third kappa shape index (κ3) is 1.21. The molecular weight excluding hydrogens is 150 g/mol. The molecule has 0 spiro atoms. The molecule has 0 aliphatic heterocycles. The van der Waals surface area contributed by atoms with E-state index in [2.05, 4.69) is 29.2 Å². The Morgan fingerprint density at radius 1 is 1.33 bits per heavy atom. The Morgan fingerprint density at radius 3 is 3.08 bits per heavy atom. The highest BCUT2D eigenvalue weighted by Crippen LogP contribution is 2.14. The topological polar surface area (TPSA) is 25.0 Å². The number of aromatic nitrogens is 1. The van der Waals surface area contributed by atoms with Crippen LogP contribution in [0.1, 0.15) is 5.56 Å². The van der Waals surface area contributed by atoms with Gasteiger partial charge in [-0.3, -0.25) is 0 Å². The Hall–Kier alpha value is -1.28. The minimum absolute atomic E-state index is 0.676. The van der Waals surface area contributed by atoms with Gasteiger partial charge >= 0.3 is 0 Å². The Balaban J connectivity index is 2.46. The van der Waals surface area contributed by atoms with Crippen molar-refractivity contribution in [3.8, 4) is 0 Å². The Morgan fingerprint density at radius 2 is 2.25 bits per heavy atom. The second-order valence-electron chi connectivity index (χ2n) is 2.83. The molecule has 1 aromatic heterocycles. The van der Waals surface area contributed by atoms with E-state index in [4.69, 9.17) is 4.74 Å². The lowest BCUT2D eigenvalue weighted by Crippen LogP contribution is -1.85. The van der Waals surface area contributed by atoms with Crippen LogP contribution in [0.2, 0.25) is 0 Å². The number of benzene rings is 1. The van der Waals surface area contributed by atoms with E-state index in [1.165, 1.54) is 16.5 Å². The van der Waals surface area contributed by atoms with E-state index in [0.29, 0.717) is 6.61 Å². The van der Waals surface area contributed by atoms with Gasteiger partial charge in [0.1, 0.15) is 0 Å². The maximum Gasteiger partial charge on any atom is 0.0713 e. The minimum Gasteiger partial charge on any atom is -0.380 e. The number of hydrogen-bond acceptors (Lipinski definition) is 1. The molecule has 2 heteroatoms. The zero-order valence-electron chi connectivity index (χ0n) is 7.00. The zero-order valence-corrected chi connectivity index (χ0v) is 7.00. The summed E-state index contributed by atoms with van der Waals surface area (Å²) in [5.41, 5.74) is 2.37. The first kappa shape index (κ1) is 7.37. The molecule has 0 saturated carbocycles. The highest BCUT2D eigenvalue weighted by molar-refractivity contribution is 5.79. The van der Waals surface area contributed by atoms with E-state index in [-0.39, 0.29) is 0 Å². The molecule has 62 valence electrons. The predicted octanol–water partition coefficient (Wildman–Crippen LogP) is 2.31. The first-order valence-electron chi connectivity index (χ1n) is 3.95. The summed E-state index contributed by atoms with van der Waals surface area (Å²) in [4.78, 5) is 3.16. The fourth-order valence-electron chi connectivity index (χ4n) is 1.35. The van der Waals surface area contributed by atoms with Crippen LogP contribution in [0.15, 0.2) is 30.5 Å². The van der Waals surface area contributed by atoms with E-state index >= 15 is 0 Å². The number of methoxy groups -OCH3 is 1. The number of fused-ring (bicyclic) bond motifs is 1. The Bertz CT molecular complexity index is 378. The van der Waals surface area contributed by atoms with Crippen molar-refractivity contribution in [1.29, 1.82) is 0 Å². The fraction of sp³-hybridized carbons (Fsp3) is 0.200. The Labute approximate surface area is 71.2 Å². The monoisotopic (exact) mass is 161 g/mol. The molecule has 2 rings (SSSR count). The fourth-order valence-corrected chi connectivity index (χ4v) is 1.35. The molecule has 0 fully saturated rings. The molecule has 0 saturated heterocycles. The van der Waals surface area contributed by atoms with E-state index in [9.17, 15) is 0 Å². The second kappa shape index (κ2) is 2.99. The van der Waals surface area contributed by atoms with Gasteiger partial charge < -0.3 is 9.72 Å². The van der Waals surface area contributed by atoms with Gasteiger partial charge in [-0.05, 0) is 23.1 Å². The summed E-state index contributed by atoms with van der Waals surface area (Å²) in [5.74, 6) is 0. The quantitative estimate of drug-likeness (QED) is 0.718. The first-order valence-corrected chi connectivity index (χ1v) is 3.95.